The molecule has 5 nitrogen and oxygen atoms in total. The third-order valence-electron chi connectivity index (χ3n) is 1.27. The highest BCUT2D eigenvalue weighted by Gasteiger charge is 2.16. The van der Waals surface area contributed by atoms with Crippen LogP contribution in [0.25, 0.3) is 0 Å². The van der Waals surface area contributed by atoms with Crippen LogP contribution in [-0.2, 0) is 11.8 Å². The largest absolute Gasteiger partial charge is 0.479 e. The number of nitrogens with zero attached hydrogens (tertiary/aromatic N) is 2. The van der Waals surface area contributed by atoms with E-state index in [1.807, 2.05) is 0 Å². The fourth-order valence-corrected chi connectivity index (χ4v) is 0.724. The number of rotatable bonds is 2. The van der Waals surface area contributed by atoms with E-state index in [-0.39, 0.29) is 12.4 Å². The van der Waals surface area contributed by atoms with Crippen molar-refractivity contribution in [2.75, 3.05) is 0 Å². The van der Waals surface area contributed by atoms with Crippen LogP contribution >= 0.6 is 12.4 Å². The van der Waals surface area contributed by atoms with Crippen LogP contribution in [0.5, 0.6) is 0 Å². The average molecular weight is 193 g/mol. The van der Waals surface area contributed by atoms with Gasteiger partial charge in [0, 0.05) is 18.8 Å². The molecule has 0 saturated carbocycles. The molecule has 1 atom stereocenters. The first-order chi connectivity index (χ1) is 5.11. The molecule has 0 aromatic carbocycles. The number of aryl methyl sites for hydroxylation is 1. The maximum atomic E-state index is 10.2. The number of carboxylic acids is 1. The van der Waals surface area contributed by atoms with E-state index in [1.54, 1.807) is 7.05 Å². The summed E-state index contributed by atoms with van der Waals surface area (Å²) >= 11 is 0. The molecule has 0 amide bonds. The molecule has 2 N–H and O–H groups in total. The Kier molecular flexibility index (Phi) is 3.72. The van der Waals surface area contributed by atoms with Crippen LogP contribution in [0.2, 0.25) is 0 Å². The Bertz CT molecular complexity index is 274. The first-order valence-electron chi connectivity index (χ1n) is 3.00. The van der Waals surface area contributed by atoms with Crippen molar-refractivity contribution in [3.63, 3.8) is 0 Å². The number of carboxylic acid groups (broad SMARTS) is 1. The summed E-state index contributed by atoms with van der Waals surface area (Å²) in [6.45, 7) is 0. The van der Waals surface area contributed by atoms with Crippen molar-refractivity contribution in [1.82, 2.24) is 9.78 Å². The lowest BCUT2D eigenvalue weighted by Gasteiger charge is -1.98. The Morgan fingerprint density at radius 3 is 2.67 bits per heavy atom. The molecular weight excluding hydrogens is 184 g/mol. The van der Waals surface area contributed by atoms with Gasteiger partial charge in [0.1, 0.15) is 0 Å². The van der Waals surface area contributed by atoms with Gasteiger partial charge in [-0.1, -0.05) is 0 Å². The van der Waals surface area contributed by atoms with Crippen LogP contribution < -0.4 is 0 Å². The van der Waals surface area contributed by atoms with Crippen molar-refractivity contribution in [2.45, 2.75) is 6.10 Å². The first-order valence-corrected chi connectivity index (χ1v) is 3.00. The Labute approximate surface area is 75.0 Å². The number of aliphatic hydroxyl groups is 1. The molecule has 0 fully saturated rings. The summed E-state index contributed by atoms with van der Waals surface area (Å²) in [6, 6.07) is 0. The van der Waals surface area contributed by atoms with Crippen LogP contribution in [0.3, 0.4) is 0 Å². The van der Waals surface area contributed by atoms with Crippen molar-refractivity contribution in [1.29, 1.82) is 0 Å². The molecule has 0 bridgehead atoms. The SMILES string of the molecule is Cl.Cn1cc(C(O)C(=O)O)cn1. The summed E-state index contributed by atoms with van der Waals surface area (Å²) < 4.78 is 1.43. The van der Waals surface area contributed by atoms with E-state index in [0.29, 0.717) is 5.56 Å². The van der Waals surface area contributed by atoms with E-state index in [1.165, 1.54) is 17.1 Å². The Balaban J connectivity index is 0.00000121. The Morgan fingerprint density at radius 2 is 2.33 bits per heavy atom. The molecule has 0 saturated heterocycles. The summed E-state index contributed by atoms with van der Waals surface area (Å²) in [5.74, 6) is -1.27. The van der Waals surface area contributed by atoms with E-state index in [0.717, 1.165) is 0 Å². The van der Waals surface area contributed by atoms with Crippen LogP contribution in [-0.4, -0.2) is 26.0 Å². The van der Waals surface area contributed by atoms with Crippen molar-refractivity contribution in [3.05, 3.63) is 18.0 Å². The van der Waals surface area contributed by atoms with Crippen LogP contribution in [0.4, 0.5) is 0 Å². The number of carbonyl (C=O) groups is 1. The van der Waals surface area contributed by atoms with Crippen LogP contribution in [0, 0.1) is 0 Å². The highest BCUT2D eigenvalue weighted by atomic mass is 35.5. The molecule has 1 aromatic rings. The lowest BCUT2D eigenvalue weighted by atomic mass is 10.2. The van der Waals surface area contributed by atoms with Crippen molar-refractivity contribution in [3.8, 4) is 0 Å². The van der Waals surface area contributed by atoms with E-state index >= 15 is 0 Å². The zero-order valence-corrected chi connectivity index (χ0v) is 7.15. The minimum absolute atomic E-state index is 0. The maximum Gasteiger partial charge on any atom is 0.337 e. The van der Waals surface area contributed by atoms with Gasteiger partial charge in [0.25, 0.3) is 0 Å². The molecule has 6 heteroatoms. The summed E-state index contributed by atoms with van der Waals surface area (Å²) in [4.78, 5) is 10.2. The molecule has 12 heavy (non-hydrogen) atoms. The van der Waals surface area contributed by atoms with Gasteiger partial charge < -0.3 is 10.2 Å². The van der Waals surface area contributed by atoms with Gasteiger partial charge in [-0.3, -0.25) is 4.68 Å². The molecule has 1 heterocycles. The molecule has 1 unspecified atom stereocenters. The topological polar surface area (TPSA) is 75.4 Å². The van der Waals surface area contributed by atoms with Gasteiger partial charge >= 0.3 is 5.97 Å². The Hall–Kier alpha value is -1.07. The summed E-state index contributed by atoms with van der Waals surface area (Å²) in [5.41, 5.74) is 0.292. The zero-order valence-electron chi connectivity index (χ0n) is 6.34. The second-order valence-electron chi connectivity index (χ2n) is 2.19. The van der Waals surface area contributed by atoms with Crippen molar-refractivity contribution in [2.24, 2.45) is 7.05 Å². The summed E-state index contributed by atoms with van der Waals surface area (Å²) in [5, 5.41) is 21.0. The lowest BCUT2D eigenvalue weighted by molar-refractivity contribution is -0.146. The highest BCUT2D eigenvalue weighted by molar-refractivity contribution is 5.85. The van der Waals surface area contributed by atoms with E-state index in [4.69, 9.17) is 10.2 Å². The number of halogens is 1. The molecule has 0 aliphatic rings. The van der Waals surface area contributed by atoms with Crippen LogP contribution in [0.15, 0.2) is 12.4 Å². The standard InChI is InChI=1S/C6H8N2O3.ClH/c1-8-3-4(2-7-8)5(9)6(10)11;/h2-3,5,9H,1H3,(H,10,11);1H. The first kappa shape index (κ1) is 10.9. The predicted molar refractivity (Wildman–Crippen MR) is 43.1 cm³/mol. The molecule has 0 radical (unpaired) electrons. The number of hydrogen-bond acceptors (Lipinski definition) is 3. The van der Waals surface area contributed by atoms with Crippen LogP contribution in [0.1, 0.15) is 11.7 Å². The molecule has 68 valence electrons. The second kappa shape index (κ2) is 4.08. The number of hydrogen-bond donors (Lipinski definition) is 2. The normalized spacial score (nSPS) is 11.8. The van der Waals surface area contributed by atoms with E-state index in [2.05, 4.69) is 5.10 Å². The quantitative estimate of drug-likeness (QED) is 0.690. The predicted octanol–water partition coefficient (Wildman–Crippen LogP) is -0.0401. The molecule has 0 aliphatic heterocycles. The second-order valence-corrected chi connectivity index (χ2v) is 2.19. The molecule has 1 aromatic heterocycles. The lowest BCUT2D eigenvalue weighted by Crippen LogP contribution is -2.09. The van der Waals surface area contributed by atoms with Gasteiger partial charge in [-0.05, 0) is 0 Å². The fourth-order valence-electron chi connectivity index (χ4n) is 0.724. The summed E-state index contributed by atoms with van der Waals surface area (Å²) in [7, 11) is 1.65. The van der Waals surface area contributed by atoms with Gasteiger partial charge in [-0.15, -0.1) is 12.4 Å². The van der Waals surface area contributed by atoms with Gasteiger partial charge in [0.15, 0.2) is 6.10 Å². The number of aliphatic hydroxyl groups excluding tert-OH is 1. The minimum atomic E-state index is -1.47. The minimum Gasteiger partial charge on any atom is -0.479 e. The number of aliphatic carboxylic acids is 1. The molecule has 0 spiro atoms. The molecular formula is C6H9ClN2O3. The maximum absolute atomic E-state index is 10.2. The van der Waals surface area contributed by atoms with Gasteiger partial charge in [0.2, 0.25) is 0 Å². The van der Waals surface area contributed by atoms with Crippen molar-refractivity contribution >= 4 is 18.4 Å². The van der Waals surface area contributed by atoms with Gasteiger partial charge in [0.05, 0.1) is 6.20 Å². The number of aromatic nitrogens is 2. The monoisotopic (exact) mass is 192 g/mol. The van der Waals surface area contributed by atoms with E-state index < -0.39 is 12.1 Å². The fraction of sp³-hybridized carbons (Fsp3) is 0.333. The van der Waals surface area contributed by atoms with E-state index in [9.17, 15) is 4.79 Å². The average Bonchev–Trinajstić information content (AvgIpc) is 2.34. The third kappa shape index (κ3) is 2.21. The van der Waals surface area contributed by atoms with Gasteiger partial charge in [-0.25, -0.2) is 4.79 Å². The zero-order chi connectivity index (χ0) is 8.43. The summed E-state index contributed by atoms with van der Waals surface area (Å²) in [6.07, 6.45) is 1.31. The molecule has 0 aliphatic carbocycles. The third-order valence-corrected chi connectivity index (χ3v) is 1.27. The highest BCUT2D eigenvalue weighted by Crippen LogP contribution is 2.10. The van der Waals surface area contributed by atoms with Crippen molar-refractivity contribution < 1.29 is 15.0 Å². The smallest absolute Gasteiger partial charge is 0.337 e. The molecule has 1 rings (SSSR count). The Morgan fingerprint density at radius 1 is 1.75 bits per heavy atom. The van der Waals surface area contributed by atoms with Gasteiger partial charge in [-0.2, -0.15) is 5.10 Å².